The highest BCUT2D eigenvalue weighted by atomic mass is 35.5. The monoisotopic (exact) mass is 234 g/mol. The predicted molar refractivity (Wildman–Crippen MR) is 52.4 cm³/mol. The first kappa shape index (κ1) is 11.2. The maximum Gasteiger partial charge on any atom is 0.313 e. The molecule has 0 saturated heterocycles. The lowest BCUT2D eigenvalue weighted by molar-refractivity contribution is -0.142. The van der Waals surface area contributed by atoms with Crippen molar-refractivity contribution in [1.82, 2.24) is 9.97 Å². The Bertz CT molecular complexity index is 324. The summed E-state index contributed by atoms with van der Waals surface area (Å²) in [6.07, 6.45) is -0.0197. The summed E-state index contributed by atoms with van der Waals surface area (Å²) in [6, 6.07) is 1.40. The van der Waals surface area contributed by atoms with Crippen molar-refractivity contribution in [2.24, 2.45) is 0 Å². The fourth-order valence-corrected chi connectivity index (χ4v) is 1.31. The van der Waals surface area contributed by atoms with E-state index in [9.17, 15) is 4.79 Å². The van der Waals surface area contributed by atoms with Crippen LogP contribution in [-0.2, 0) is 16.0 Å². The molecule has 0 fully saturated rings. The van der Waals surface area contributed by atoms with E-state index in [0.29, 0.717) is 6.61 Å². The third-order valence-corrected chi connectivity index (χ3v) is 1.70. The molecule has 0 aliphatic heterocycles. The summed E-state index contributed by atoms with van der Waals surface area (Å²) in [7, 11) is 0. The summed E-state index contributed by atoms with van der Waals surface area (Å²) >= 11 is 11.2. The molecule has 0 saturated carbocycles. The predicted octanol–water partition coefficient (Wildman–Crippen LogP) is 1.89. The molecule has 1 heterocycles. The van der Waals surface area contributed by atoms with Gasteiger partial charge in [0, 0.05) is 6.07 Å². The van der Waals surface area contributed by atoms with Crippen LogP contribution in [0.5, 0.6) is 0 Å². The first-order valence-electron chi connectivity index (χ1n) is 3.96. The molecule has 0 bridgehead atoms. The van der Waals surface area contributed by atoms with Gasteiger partial charge in [-0.05, 0) is 6.92 Å². The van der Waals surface area contributed by atoms with Crippen molar-refractivity contribution in [1.29, 1.82) is 0 Å². The fraction of sp³-hybridized carbons (Fsp3) is 0.375. The van der Waals surface area contributed by atoms with Crippen LogP contribution in [-0.4, -0.2) is 22.5 Å². The minimum Gasteiger partial charge on any atom is -0.466 e. The van der Waals surface area contributed by atoms with Crippen LogP contribution in [0, 0.1) is 0 Å². The van der Waals surface area contributed by atoms with Crippen molar-refractivity contribution in [3.05, 3.63) is 22.2 Å². The molecular formula is C8H8Cl2N2O2. The van der Waals surface area contributed by atoms with E-state index in [-0.39, 0.29) is 22.6 Å². The SMILES string of the molecule is CCOC(=O)Cc1nc(Cl)cc(Cl)n1. The largest absolute Gasteiger partial charge is 0.466 e. The maximum atomic E-state index is 11.0. The van der Waals surface area contributed by atoms with Gasteiger partial charge in [0.1, 0.15) is 22.6 Å². The van der Waals surface area contributed by atoms with Crippen LogP contribution in [0.3, 0.4) is 0 Å². The van der Waals surface area contributed by atoms with Crippen LogP contribution >= 0.6 is 23.2 Å². The van der Waals surface area contributed by atoms with E-state index in [2.05, 4.69) is 9.97 Å². The molecule has 0 atom stereocenters. The molecular weight excluding hydrogens is 227 g/mol. The van der Waals surface area contributed by atoms with Gasteiger partial charge in [-0.25, -0.2) is 9.97 Å². The van der Waals surface area contributed by atoms with E-state index in [1.54, 1.807) is 6.92 Å². The lowest BCUT2D eigenvalue weighted by Crippen LogP contribution is -2.10. The molecule has 0 aliphatic rings. The Kier molecular flexibility index (Phi) is 4.10. The van der Waals surface area contributed by atoms with Crippen molar-refractivity contribution in [2.75, 3.05) is 6.61 Å². The third-order valence-electron chi connectivity index (χ3n) is 1.32. The Labute approximate surface area is 91.2 Å². The van der Waals surface area contributed by atoms with Gasteiger partial charge in [0.25, 0.3) is 0 Å². The number of aromatic nitrogens is 2. The van der Waals surface area contributed by atoms with Crippen molar-refractivity contribution in [2.45, 2.75) is 13.3 Å². The Morgan fingerprint density at radius 3 is 2.50 bits per heavy atom. The standard InChI is InChI=1S/C8H8Cl2N2O2/c1-2-14-8(13)4-7-11-5(9)3-6(10)12-7/h3H,2,4H2,1H3. The van der Waals surface area contributed by atoms with Gasteiger partial charge >= 0.3 is 5.97 Å². The average Bonchev–Trinajstić information content (AvgIpc) is 2.01. The van der Waals surface area contributed by atoms with Crippen LogP contribution in [0.25, 0.3) is 0 Å². The van der Waals surface area contributed by atoms with Crippen molar-refractivity contribution in [3.8, 4) is 0 Å². The summed E-state index contributed by atoms with van der Waals surface area (Å²) in [6.45, 7) is 2.05. The fourth-order valence-electron chi connectivity index (χ4n) is 0.855. The zero-order valence-electron chi connectivity index (χ0n) is 7.46. The van der Waals surface area contributed by atoms with Crippen molar-refractivity contribution < 1.29 is 9.53 Å². The summed E-state index contributed by atoms with van der Waals surface area (Å²) in [5.41, 5.74) is 0. The molecule has 0 aliphatic carbocycles. The summed E-state index contributed by atoms with van der Waals surface area (Å²) in [5.74, 6) is -0.133. The summed E-state index contributed by atoms with van der Waals surface area (Å²) < 4.78 is 4.72. The van der Waals surface area contributed by atoms with Gasteiger partial charge in [0.15, 0.2) is 0 Å². The van der Waals surface area contributed by atoms with E-state index >= 15 is 0 Å². The second-order valence-electron chi connectivity index (χ2n) is 2.41. The number of nitrogens with zero attached hydrogens (tertiary/aromatic N) is 2. The number of esters is 1. The van der Waals surface area contributed by atoms with Gasteiger partial charge in [-0.1, -0.05) is 23.2 Å². The zero-order chi connectivity index (χ0) is 10.6. The maximum absolute atomic E-state index is 11.0. The topological polar surface area (TPSA) is 52.1 Å². The molecule has 6 heteroatoms. The van der Waals surface area contributed by atoms with Gasteiger partial charge in [-0.2, -0.15) is 0 Å². The van der Waals surface area contributed by atoms with Gasteiger partial charge in [-0.15, -0.1) is 0 Å². The highest BCUT2D eigenvalue weighted by molar-refractivity contribution is 6.33. The first-order valence-corrected chi connectivity index (χ1v) is 4.72. The van der Waals surface area contributed by atoms with Crippen LogP contribution in [0.4, 0.5) is 0 Å². The van der Waals surface area contributed by atoms with Crippen molar-refractivity contribution in [3.63, 3.8) is 0 Å². The van der Waals surface area contributed by atoms with Gasteiger partial charge in [0.2, 0.25) is 0 Å². The summed E-state index contributed by atoms with van der Waals surface area (Å²) in [5, 5.41) is 0.425. The molecule has 76 valence electrons. The average molecular weight is 235 g/mol. The molecule has 0 N–H and O–H groups in total. The number of rotatable bonds is 3. The van der Waals surface area contributed by atoms with Crippen LogP contribution < -0.4 is 0 Å². The smallest absolute Gasteiger partial charge is 0.313 e. The normalized spacial score (nSPS) is 9.93. The Hall–Kier alpha value is -0.870. The second kappa shape index (κ2) is 5.12. The van der Waals surface area contributed by atoms with E-state index in [1.807, 2.05) is 0 Å². The highest BCUT2D eigenvalue weighted by Gasteiger charge is 2.08. The lowest BCUT2D eigenvalue weighted by atomic mass is 10.4. The number of ether oxygens (including phenoxy) is 1. The van der Waals surface area contributed by atoms with Gasteiger partial charge in [-0.3, -0.25) is 4.79 Å². The lowest BCUT2D eigenvalue weighted by Gasteiger charge is -2.01. The van der Waals surface area contributed by atoms with Crippen molar-refractivity contribution >= 4 is 29.2 Å². The van der Waals surface area contributed by atoms with E-state index in [0.717, 1.165) is 0 Å². The number of hydrogen-bond acceptors (Lipinski definition) is 4. The number of carbonyl (C=O) groups excluding carboxylic acids is 1. The first-order chi connectivity index (χ1) is 6.61. The quantitative estimate of drug-likeness (QED) is 0.592. The molecule has 0 amide bonds. The zero-order valence-corrected chi connectivity index (χ0v) is 8.97. The molecule has 4 nitrogen and oxygen atoms in total. The van der Waals surface area contributed by atoms with Crippen LogP contribution in [0.15, 0.2) is 6.07 Å². The van der Waals surface area contributed by atoms with E-state index < -0.39 is 5.97 Å². The Morgan fingerprint density at radius 2 is 2.00 bits per heavy atom. The number of hydrogen-bond donors (Lipinski definition) is 0. The van der Waals surface area contributed by atoms with E-state index in [1.165, 1.54) is 6.07 Å². The highest BCUT2D eigenvalue weighted by Crippen LogP contribution is 2.11. The van der Waals surface area contributed by atoms with E-state index in [4.69, 9.17) is 27.9 Å². The second-order valence-corrected chi connectivity index (χ2v) is 3.19. The minimum atomic E-state index is -0.397. The summed E-state index contributed by atoms with van der Waals surface area (Å²) in [4.78, 5) is 18.7. The molecule has 1 aromatic heterocycles. The Balaban J connectivity index is 2.71. The van der Waals surface area contributed by atoms with Gasteiger partial charge < -0.3 is 4.74 Å². The molecule has 1 aromatic rings. The minimum absolute atomic E-state index is 0.0197. The third kappa shape index (κ3) is 3.47. The number of carbonyl (C=O) groups is 1. The van der Waals surface area contributed by atoms with Crippen LogP contribution in [0.1, 0.15) is 12.7 Å². The molecule has 0 spiro atoms. The van der Waals surface area contributed by atoms with Crippen LogP contribution in [0.2, 0.25) is 10.3 Å². The van der Waals surface area contributed by atoms with Gasteiger partial charge in [0.05, 0.1) is 6.61 Å². The number of halogens is 2. The molecule has 0 radical (unpaired) electrons. The molecule has 1 rings (SSSR count). The molecule has 14 heavy (non-hydrogen) atoms. The molecule has 0 unspecified atom stereocenters. The Morgan fingerprint density at radius 1 is 1.43 bits per heavy atom. The molecule has 0 aromatic carbocycles.